The van der Waals surface area contributed by atoms with Crippen LogP contribution in [-0.2, 0) is 0 Å². The second-order valence-corrected chi connectivity index (χ2v) is 16.9. The summed E-state index contributed by atoms with van der Waals surface area (Å²) in [5.41, 5.74) is -14.3. The zero-order valence-corrected chi connectivity index (χ0v) is 25.5. The van der Waals surface area contributed by atoms with E-state index >= 15 is 35.1 Å². The summed E-state index contributed by atoms with van der Waals surface area (Å²) >= 11 is 0. The molecule has 0 N–H and O–H groups in total. The molecule has 22 heteroatoms. The van der Waals surface area contributed by atoms with Crippen molar-refractivity contribution in [2.24, 2.45) is 0 Å². The molecule has 0 bridgehead atoms. The fraction of sp³-hybridized carbons (Fsp3) is 0.143. The van der Waals surface area contributed by atoms with Gasteiger partial charge in [0.25, 0.3) is 0 Å². The topological polar surface area (TPSA) is 0 Å². The SMILES string of the molecule is C[P+](C)(C)C.Fc1c(F)c(F)c([B-](c2c(F)c(F)c(F)c(F)c2F)(c2c(F)c(F)c(F)c(F)c2F)c2c(F)c(F)c(F)c(F)c2F)c(F)c1F. The first-order chi connectivity index (χ1) is 22.7. The molecule has 50 heavy (non-hydrogen) atoms. The van der Waals surface area contributed by atoms with Crippen LogP contribution in [0.1, 0.15) is 0 Å². The van der Waals surface area contributed by atoms with Crippen LogP contribution in [0.5, 0.6) is 0 Å². The average molecular weight is 770 g/mol. The lowest BCUT2D eigenvalue weighted by Crippen LogP contribution is -2.81. The Morgan fingerprint density at radius 1 is 0.220 bits per heavy atom. The summed E-state index contributed by atoms with van der Waals surface area (Å²) in [5, 5.41) is 0. The second-order valence-electron chi connectivity index (χ2n) is 11.5. The first kappa shape index (κ1) is 40.4. The minimum atomic E-state index is -7.22. The molecule has 0 spiro atoms. The van der Waals surface area contributed by atoms with Crippen LogP contribution in [0, 0.1) is 116 Å². The third-order valence-electron chi connectivity index (χ3n) is 6.71. The van der Waals surface area contributed by atoms with Crippen LogP contribution in [0.3, 0.4) is 0 Å². The number of rotatable bonds is 4. The lowest BCUT2D eigenvalue weighted by atomic mass is 9.12. The standard InChI is InChI=1S/C24BF20.C4H12P/c26-5-1(6(27)14(35)21(42)13(5)34)25(2-7(28)15(36)22(43)16(37)8(2)29,3-9(30)17(38)23(44)18(39)10(3)31)4-11(32)19(40)24(45)20(41)12(4)33;1-5(2,3)4/h;1-4H3/q-1;+1. The van der Waals surface area contributed by atoms with Crippen LogP contribution in [0.4, 0.5) is 87.8 Å². The minimum Gasteiger partial charge on any atom is -0.207 e. The predicted octanol–water partition coefficient (Wildman–Crippen LogP) is 7.37. The molecule has 0 aliphatic carbocycles. The minimum absolute atomic E-state index is 0.389. The Kier molecular flexibility index (Phi) is 11.0. The van der Waals surface area contributed by atoms with Gasteiger partial charge >= 0.3 is 0 Å². The molecule has 0 aliphatic heterocycles. The molecule has 4 aromatic carbocycles. The van der Waals surface area contributed by atoms with E-state index in [0.29, 0.717) is 0 Å². The van der Waals surface area contributed by atoms with Crippen LogP contribution < -0.4 is 21.9 Å². The summed E-state index contributed by atoms with van der Waals surface area (Å²) in [6, 6.07) is 0. The van der Waals surface area contributed by atoms with E-state index in [1.165, 1.54) is 0 Å². The zero-order valence-electron chi connectivity index (χ0n) is 24.6. The highest BCUT2D eigenvalue weighted by Crippen LogP contribution is 2.40. The maximum Gasteiger partial charge on any atom is 0.200 e. The van der Waals surface area contributed by atoms with E-state index in [2.05, 4.69) is 26.7 Å². The monoisotopic (exact) mass is 770 g/mol. The zero-order chi connectivity index (χ0) is 38.9. The molecule has 0 saturated carbocycles. The summed E-state index contributed by atoms with van der Waals surface area (Å²) < 4.78 is 294. The van der Waals surface area contributed by atoms with Gasteiger partial charge < -0.3 is 0 Å². The molecule has 0 atom stereocenters. The molecule has 272 valence electrons. The van der Waals surface area contributed by atoms with Gasteiger partial charge in [-0.3, -0.25) is 0 Å². The van der Waals surface area contributed by atoms with Crippen molar-refractivity contribution in [3.63, 3.8) is 0 Å². The van der Waals surface area contributed by atoms with Crippen LogP contribution >= 0.6 is 7.26 Å². The van der Waals surface area contributed by atoms with E-state index in [4.69, 9.17) is 0 Å². The summed E-state index contributed by atoms with van der Waals surface area (Å²) in [6.07, 6.45) is -7.22. The maximum absolute atomic E-state index is 15.4. The smallest absolute Gasteiger partial charge is 0.200 e. The Morgan fingerprint density at radius 3 is 0.400 bits per heavy atom. The van der Waals surface area contributed by atoms with Crippen LogP contribution in [-0.4, -0.2) is 32.8 Å². The van der Waals surface area contributed by atoms with E-state index in [-0.39, 0.29) is 7.26 Å². The van der Waals surface area contributed by atoms with Gasteiger partial charge in [0.2, 0.25) is 0 Å². The Morgan fingerprint density at radius 2 is 0.300 bits per heavy atom. The van der Waals surface area contributed by atoms with Crippen molar-refractivity contribution < 1.29 is 87.8 Å². The molecule has 0 nitrogen and oxygen atoms in total. The molecule has 0 amide bonds. The van der Waals surface area contributed by atoms with Crippen LogP contribution in [0.2, 0.25) is 0 Å². The Bertz CT molecular complexity index is 1670. The normalized spacial score (nSPS) is 12.0. The van der Waals surface area contributed by atoms with E-state index in [9.17, 15) is 52.7 Å². The summed E-state index contributed by atoms with van der Waals surface area (Å²) in [7, 11) is -0.389. The second kappa shape index (κ2) is 13.6. The van der Waals surface area contributed by atoms with E-state index < -0.39 is 144 Å². The lowest BCUT2D eigenvalue weighted by Gasteiger charge is -2.44. The molecular weight excluding hydrogens is 758 g/mol. The summed E-state index contributed by atoms with van der Waals surface area (Å²) in [4.78, 5) is 0. The van der Waals surface area contributed by atoms with Crippen molar-refractivity contribution in [2.45, 2.75) is 0 Å². The number of benzene rings is 4. The highest BCUT2D eigenvalue weighted by atomic mass is 31.2. The van der Waals surface area contributed by atoms with Crippen molar-refractivity contribution >= 4 is 35.3 Å². The van der Waals surface area contributed by atoms with Crippen molar-refractivity contribution in [3.8, 4) is 0 Å². The molecule has 4 aromatic rings. The third kappa shape index (κ3) is 6.04. The molecule has 0 heterocycles. The number of hydrogen-bond acceptors (Lipinski definition) is 0. The van der Waals surface area contributed by atoms with Gasteiger partial charge in [-0.05, 0) is 0 Å². The largest absolute Gasteiger partial charge is 0.207 e. The van der Waals surface area contributed by atoms with Gasteiger partial charge in [0.05, 0.1) is 0 Å². The van der Waals surface area contributed by atoms with Gasteiger partial charge in [0.15, 0.2) is 69.8 Å². The molecule has 0 aliphatic rings. The van der Waals surface area contributed by atoms with Crippen molar-refractivity contribution in [1.82, 2.24) is 0 Å². The maximum atomic E-state index is 15.4. The van der Waals surface area contributed by atoms with E-state index in [0.717, 1.165) is 0 Å². The average Bonchev–Trinajstić information content (AvgIpc) is 3.03. The third-order valence-corrected chi connectivity index (χ3v) is 6.71. The summed E-state index contributed by atoms with van der Waals surface area (Å²) in [5.74, 6) is -71.4. The molecule has 0 radical (unpaired) electrons. The van der Waals surface area contributed by atoms with Crippen LogP contribution in [0.15, 0.2) is 0 Å². The molecule has 0 saturated heterocycles. The van der Waals surface area contributed by atoms with Crippen LogP contribution in [0.25, 0.3) is 0 Å². The van der Waals surface area contributed by atoms with E-state index in [1.807, 2.05) is 0 Å². The van der Waals surface area contributed by atoms with Crippen molar-refractivity contribution in [3.05, 3.63) is 116 Å². The first-order valence-corrected chi connectivity index (χ1v) is 16.3. The Labute approximate surface area is 266 Å². The highest BCUT2D eigenvalue weighted by molar-refractivity contribution is 7.73. The van der Waals surface area contributed by atoms with Gasteiger partial charge in [-0.25, -0.2) is 87.8 Å². The van der Waals surface area contributed by atoms with Gasteiger partial charge in [0, 0.05) is 33.9 Å². The van der Waals surface area contributed by atoms with Crippen molar-refractivity contribution in [2.75, 3.05) is 26.7 Å². The molecule has 0 unspecified atom stereocenters. The Hall–Kier alpha value is -4.03. The van der Waals surface area contributed by atoms with Gasteiger partial charge in [-0.15, -0.1) is 21.9 Å². The number of hydrogen-bond donors (Lipinski definition) is 0. The first-order valence-electron chi connectivity index (χ1n) is 12.7. The van der Waals surface area contributed by atoms with Gasteiger partial charge in [-0.1, -0.05) is 0 Å². The number of halogens is 20. The van der Waals surface area contributed by atoms with Gasteiger partial charge in [-0.2, -0.15) is 0 Å². The predicted molar refractivity (Wildman–Crippen MR) is 140 cm³/mol. The Balaban J connectivity index is 0.00000126. The van der Waals surface area contributed by atoms with Gasteiger partial charge in [0.1, 0.15) is 52.7 Å². The molecule has 0 fully saturated rings. The van der Waals surface area contributed by atoms with E-state index in [1.54, 1.807) is 0 Å². The highest BCUT2D eigenvalue weighted by Gasteiger charge is 2.52. The molecule has 0 aromatic heterocycles. The fourth-order valence-electron chi connectivity index (χ4n) is 4.87. The fourth-order valence-corrected chi connectivity index (χ4v) is 4.87. The summed E-state index contributed by atoms with van der Waals surface area (Å²) in [6.45, 7) is 9.19. The van der Waals surface area contributed by atoms with Crippen molar-refractivity contribution in [1.29, 1.82) is 0 Å². The molecular formula is C28H12BF20P. The lowest BCUT2D eigenvalue weighted by molar-refractivity contribution is 0.378. The quantitative estimate of drug-likeness (QED) is 0.0670. The molecule has 4 rings (SSSR count).